The molecular weight excluding hydrogens is 224 g/mol. The number of benzene rings is 1. The molecule has 1 aromatic rings. The van der Waals surface area contributed by atoms with Gasteiger partial charge in [-0.1, -0.05) is 12.1 Å². The van der Waals surface area contributed by atoms with Crippen LogP contribution in [-0.4, -0.2) is 25.5 Å². The second-order valence-electron chi connectivity index (χ2n) is 4.70. The number of hydrogen-bond acceptors (Lipinski definition) is 3. The van der Waals surface area contributed by atoms with E-state index >= 15 is 0 Å². The number of ether oxygens (including phenoxy) is 1. The van der Waals surface area contributed by atoms with Gasteiger partial charge in [0.2, 0.25) is 6.23 Å². The highest BCUT2D eigenvalue weighted by atomic mass is 16.5. The molecule has 0 spiro atoms. The van der Waals surface area contributed by atoms with E-state index in [1.807, 2.05) is 18.4 Å². The molecule has 1 atom stereocenters. The zero-order valence-electron chi connectivity index (χ0n) is 10.5. The van der Waals surface area contributed by atoms with Crippen molar-refractivity contribution in [1.82, 2.24) is 0 Å². The highest BCUT2D eigenvalue weighted by molar-refractivity contribution is 5.61. The Labute approximate surface area is 108 Å². The average molecular weight is 242 g/mol. The van der Waals surface area contributed by atoms with E-state index in [0.29, 0.717) is 0 Å². The quantitative estimate of drug-likeness (QED) is 0.761. The van der Waals surface area contributed by atoms with Crippen LogP contribution in [0.2, 0.25) is 0 Å². The van der Waals surface area contributed by atoms with Gasteiger partial charge in [-0.15, -0.1) is 0 Å². The SMILES string of the molecule is C1=CC(Oc2cccc(N3CCCC3)c2)N=CC1. The summed E-state index contributed by atoms with van der Waals surface area (Å²) in [4.78, 5) is 6.71. The van der Waals surface area contributed by atoms with Crippen molar-refractivity contribution in [3.63, 3.8) is 0 Å². The largest absolute Gasteiger partial charge is 0.465 e. The predicted octanol–water partition coefficient (Wildman–Crippen LogP) is 3.02. The number of hydrogen-bond donors (Lipinski definition) is 0. The summed E-state index contributed by atoms with van der Waals surface area (Å²) >= 11 is 0. The Bertz CT molecular complexity index is 449. The van der Waals surface area contributed by atoms with Crippen LogP contribution in [0.5, 0.6) is 5.75 Å². The van der Waals surface area contributed by atoms with Gasteiger partial charge < -0.3 is 9.64 Å². The third kappa shape index (κ3) is 2.55. The molecule has 0 N–H and O–H groups in total. The molecule has 0 aliphatic carbocycles. The minimum absolute atomic E-state index is 0.160. The number of allylic oxidation sites excluding steroid dienone is 1. The molecule has 2 aliphatic rings. The molecule has 2 heterocycles. The van der Waals surface area contributed by atoms with E-state index in [1.165, 1.54) is 18.5 Å². The van der Waals surface area contributed by atoms with Crippen molar-refractivity contribution in [3.05, 3.63) is 36.4 Å². The first kappa shape index (κ1) is 11.3. The second kappa shape index (κ2) is 5.25. The smallest absolute Gasteiger partial charge is 0.208 e. The van der Waals surface area contributed by atoms with Crippen molar-refractivity contribution in [2.75, 3.05) is 18.0 Å². The maximum atomic E-state index is 5.84. The number of aliphatic imine (C=N–C) groups is 1. The van der Waals surface area contributed by atoms with Gasteiger partial charge in [-0.05, 0) is 31.1 Å². The van der Waals surface area contributed by atoms with Crippen LogP contribution in [0.3, 0.4) is 0 Å². The fourth-order valence-corrected chi connectivity index (χ4v) is 2.41. The molecule has 1 unspecified atom stereocenters. The van der Waals surface area contributed by atoms with Gasteiger partial charge >= 0.3 is 0 Å². The van der Waals surface area contributed by atoms with Gasteiger partial charge in [0.25, 0.3) is 0 Å². The van der Waals surface area contributed by atoms with Gasteiger partial charge in [-0.3, -0.25) is 4.99 Å². The summed E-state index contributed by atoms with van der Waals surface area (Å²) in [5.74, 6) is 0.896. The van der Waals surface area contributed by atoms with E-state index in [4.69, 9.17) is 4.74 Å². The molecule has 0 aromatic heterocycles. The third-order valence-corrected chi connectivity index (χ3v) is 3.34. The summed E-state index contributed by atoms with van der Waals surface area (Å²) in [5, 5.41) is 0. The first-order valence-corrected chi connectivity index (χ1v) is 6.62. The Morgan fingerprint density at radius 2 is 2.11 bits per heavy atom. The van der Waals surface area contributed by atoms with Crippen LogP contribution in [0.15, 0.2) is 41.4 Å². The highest BCUT2D eigenvalue weighted by Gasteiger charge is 2.13. The van der Waals surface area contributed by atoms with Crippen molar-refractivity contribution < 1.29 is 4.74 Å². The van der Waals surface area contributed by atoms with E-state index in [9.17, 15) is 0 Å². The monoisotopic (exact) mass is 242 g/mol. The van der Waals surface area contributed by atoms with E-state index in [1.54, 1.807) is 0 Å². The van der Waals surface area contributed by atoms with Crippen LogP contribution < -0.4 is 9.64 Å². The molecule has 0 amide bonds. The number of anilines is 1. The lowest BCUT2D eigenvalue weighted by Crippen LogP contribution is -2.18. The summed E-state index contributed by atoms with van der Waals surface area (Å²) in [6.07, 6.45) is 9.32. The van der Waals surface area contributed by atoms with Crippen LogP contribution >= 0.6 is 0 Å². The van der Waals surface area contributed by atoms with Gasteiger partial charge in [0.1, 0.15) is 5.75 Å². The lowest BCUT2D eigenvalue weighted by molar-refractivity contribution is 0.259. The summed E-state index contributed by atoms with van der Waals surface area (Å²) in [7, 11) is 0. The molecule has 0 saturated carbocycles. The second-order valence-corrected chi connectivity index (χ2v) is 4.70. The van der Waals surface area contributed by atoms with E-state index in [2.05, 4.69) is 34.2 Å². The first-order chi connectivity index (χ1) is 8.92. The fraction of sp³-hybridized carbons (Fsp3) is 0.400. The van der Waals surface area contributed by atoms with E-state index in [-0.39, 0.29) is 6.23 Å². The molecule has 3 rings (SSSR count). The Morgan fingerprint density at radius 1 is 1.22 bits per heavy atom. The van der Waals surface area contributed by atoms with Crippen molar-refractivity contribution in [3.8, 4) is 5.75 Å². The van der Waals surface area contributed by atoms with Gasteiger partial charge in [0.15, 0.2) is 0 Å². The standard InChI is InChI=1S/C15H18N2O/c1-2-9-16-15(8-1)18-14-7-5-6-13(12-14)17-10-3-4-11-17/h1,5-9,12,15H,2-4,10-11H2. The fourth-order valence-electron chi connectivity index (χ4n) is 2.41. The number of dihydropyridines is 1. The van der Waals surface area contributed by atoms with Crippen LogP contribution in [0.25, 0.3) is 0 Å². The molecule has 0 radical (unpaired) electrons. The zero-order chi connectivity index (χ0) is 12.2. The maximum absolute atomic E-state index is 5.84. The van der Waals surface area contributed by atoms with Gasteiger partial charge in [-0.25, -0.2) is 0 Å². The van der Waals surface area contributed by atoms with Crippen LogP contribution in [0, 0.1) is 0 Å². The third-order valence-electron chi connectivity index (χ3n) is 3.34. The molecule has 2 aliphatic heterocycles. The maximum Gasteiger partial charge on any atom is 0.208 e. The lowest BCUT2D eigenvalue weighted by atomic mass is 10.2. The Kier molecular flexibility index (Phi) is 3.31. The minimum atomic E-state index is -0.160. The first-order valence-electron chi connectivity index (χ1n) is 6.62. The van der Waals surface area contributed by atoms with Gasteiger partial charge in [0.05, 0.1) is 0 Å². The molecule has 18 heavy (non-hydrogen) atoms. The summed E-state index contributed by atoms with van der Waals surface area (Å²) in [6.45, 7) is 2.32. The number of rotatable bonds is 3. The minimum Gasteiger partial charge on any atom is -0.465 e. The highest BCUT2D eigenvalue weighted by Crippen LogP contribution is 2.25. The molecule has 0 bridgehead atoms. The van der Waals surface area contributed by atoms with Crippen molar-refractivity contribution in [2.45, 2.75) is 25.5 Å². The summed E-state index contributed by atoms with van der Waals surface area (Å²) in [6, 6.07) is 8.32. The zero-order valence-corrected chi connectivity index (χ0v) is 10.5. The Balaban J connectivity index is 1.72. The molecule has 3 heteroatoms. The van der Waals surface area contributed by atoms with E-state index < -0.39 is 0 Å². The average Bonchev–Trinajstić information content (AvgIpc) is 2.94. The summed E-state index contributed by atoms with van der Waals surface area (Å²) in [5.41, 5.74) is 1.26. The molecule has 1 saturated heterocycles. The van der Waals surface area contributed by atoms with Crippen LogP contribution in [0.1, 0.15) is 19.3 Å². The molecular formula is C15H18N2O. The number of nitrogens with zero attached hydrogens (tertiary/aromatic N) is 2. The lowest BCUT2D eigenvalue weighted by Gasteiger charge is -2.19. The Morgan fingerprint density at radius 3 is 2.89 bits per heavy atom. The van der Waals surface area contributed by atoms with Crippen LogP contribution in [0.4, 0.5) is 5.69 Å². The Hall–Kier alpha value is -1.77. The van der Waals surface area contributed by atoms with Crippen LogP contribution in [-0.2, 0) is 0 Å². The molecule has 1 aromatic carbocycles. The molecule has 3 nitrogen and oxygen atoms in total. The topological polar surface area (TPSA) is 24.8 Å². The van der Waals surface area contributed by atoms with Gasteiger partial charge in [0, 0.05) is 37.5 Å². The predicted molar refractivity (Wildman–Crippen MR) is 74.6 cm³/mol. The van der Waals surface area contributed by atoms with Crippen molar-refractivity contribution >= 4 is 11.9 Å². The van der Waals surface area contributed by atoms with Crippen molar-refractivity contribution in [2.24, 2.45) is 4.99 Å². The normalized spacial score (nSPS) is 22.4. The van der Waals surface area contributed by atoms with Gasteiger partial charge in [-0.2, -0.15) is 0 Å². The molecule has 1 fully saturated rings. The van der Waals surface area contributed by atoms with E-state index in [0.717, 1.165) is 25.3 Å². The summed E-state index contributed by atoms with van der Waals surface area (Å²) < 4.78 is 5.84. The van der Waals surface area contributed by atoms with Crippen molar-refractivity contribution in [1.29, 1.82) is 0 Å². The molecule has 94 valence electrons.